The number of nitrogens with one attached hydrogen (secondary N) is 1. The van der Waals surface area contributed by atoms with Gasteiger partial charge in [0.15, 0.2) is 0 Å². The van der Waals surface area contributed by atoms with Crippen LogP contribution in [0.2, 0.25) is 0 Å². The number of aryl methyl sites for hydroxylation is 2. The molecule has 0 spiro atoms. The number of hydrogen-bond donors (Lipinski definition) is 1. The number of carbonyl (C=O) groups excluding carboxylic acids is 1. The zero-order valence-electron chi connectivity index (χ0n) is 12.6. The molecule has 0 saturated heterocycles. The first kappa shape index (κ1) is 14.2. The van der Waals surface area contributed by atoms with Crippen molar-refractivity contribution in [1.29, 1.82) is 0 Å². The Labute approximate surface area is 128 Å². The number of benzene rings is 1. The van der Waals surface area contributed by atoms with Crippen LogP contribution in [-0.4, -0.2) is 25.4 Å². The molecular formula is C16H17N5O. The van der Waals surface area contributed by atoms with Gasteiger partial charge in [0.2, 0.25) is 5.95 Å². The van der Waals surface area contributed by atoms with Crippen LogP contribution < -0.4 is 5.32 Å². The van der Waals surface area contributed by atoms with Crippen LogP contribution >= 0.6 is 0 Å². The van der Waals surface area contributed by atoms with Crippen LogP contribution in [0, 0.1) is 6.92 Å². The first-order valence-electron chi connectivity index (χ1n) is 7.25. The predicted molar refractivity (Wildman–Crippen MR) is 84.7 cm³/mol. The van der Waals surface area contributed by atoms with E-state index >= 15 is 0 Å². The Hall–Kier alpha value is -2.76. The van der Waals surface area contributed by atoms with Gasteiger partial charge in [0.25, 0.3) is 5.91 Å². The first-order chi connectivity index (χ1) is 10.7. The molecule has 0 radical (unpaired) electrons. The van der Waals surface area contributed by atoms with Gasteiger partial charge >= 0.3 is 0 Å². The SMILES string of the molecule is CCCn1c(NC(=O)c2ccnc(C)n2)nc2ccccc21. The van der Waals surface area contributed by atoms with Gasteiger partial charge in [-0.05, 0) is 31.5 Å². The molecule has 2 heterocycles. The average Bonchev–Trinajstić information content (AvgIpc) is 2.85. The molecule has 0 saturated carbocycles. The lowest BCUT2D eigenvalue weighted by Gasteiger charge is -2.08. The second-order valence-corrected chi connectivity index (χ2v) is 5.02. The number of nitrogens with zero attached hydrogens (tertiary/aromatic N) is 4. The quantitative estimate of drug-likeness (QED) is 0.803. The smallest absolute Gasteiger partial charge is 0.276 e. The lowest BCUT2D eigenvalue weighted by molar-refractivity contribution is 0.102. The van der Waals surface area contributed by atoms with Crippen LogP contribution in [0.5, 0.6) is 0 Å². The van der Waals surface area contributed by atoms with Crippen molar-refractivity contribution in [3.8, 4) is 0 Å². The Balaban J connectivity index is 1.96. The maximum absolute atomic E-state index is 12.3. The molecule has 3 aromatic rings. The topological polar surface area (TPSA) is 72.7 Å². The third kappa shape index (κ3) is 2.67. The molecular weight excluding hydrogens is 278 g/mol. The standard InChI is InChI=1S/C16H17N5O/c1-3-10-21-14-7-5-4-6-12(14)19-16(21)20-15(22)13-8-9-17-11(2)18-13/h4-9H,3,10H2,1-2H3,(H,19,20,22). The average molecular weight is 295 g/mol. The lowest BCUT2D eigenvalue weighted by atomic mass is 10.3. The summed E-state index contributed by atoms with van der Waals surface area (Å²) in [5.74, 6) is 0.831. The highest BCUT2D eigenvalue weighted by Crippen LogP contribution is 2.20. The van der Waals surface area contributed by atoms with E-state index in [4.69, 9.17) is 0 Å². The molecule has 6 nitrogen and oxygen atoms in total. The van der Waals surface area contributed by atoms with Crippen LogP contribution in [0.4, 0.5) is 5.95 Å². The Kier molecular flexibility index (Phi) is 3.82. The molecule has 6 heteroatoms. The van der Waals surface area contributed by atoms with E-state index in [0.29, 0.717) is 17.5 Å². The number of imidazole rings is 1. The molecule has 0 atom stereocenters. The molecule has 112 valence electrons. The lowest BCUT2D eigenvalue weighted by Crippen LogP contribution is -2.17. The summed E-state index contributed by atoms with van der Waals surface area (Å²) < 4.78 is 2.02. The van der Waals surface area contributed by atoms with Crippen molar-refractivity contribution in [2.45, 2.75) is 26.8 Å². The van der Waals surface area contributed by atoms with Gasteiger partial charge in [0.1, 0.15) is 11.5 Å². The Morgan fingerprint density at radius 3 is 2.82 bits per heavy atom. The van der Waals surface area contributed by atoms with Gasteiger partial charge in [0, 0.05) is 12.7 Å². The summed E-state index contributed by atoms with van der Waals surface area (Å²) >= 11 is 0. The molecule has 0 fully saturated rings. The third-order valence-corrected chi connectivity index (χ3v) is 3.34. The molecule has 0 aliphatic rings. The molecule has 0 aliphatic heterocycles. The molecule has 22 heavy (non-hydrogen) atoms. The largest absolute Gasteiger partial charge is 0.310 e. The van der Waals surface area contributed by atoms with E-state index in [0.717, 1.165) is 24.0 Å². The zero-order chi connectivity index (χ0) is 15.5. The van der Waals surface area contributed by atoms with E-state index in [9.17, 15) is 4.79 Å². The van der Waals surface area contributed by atoms with Crippen molar-refractivity contribution in [3.05, 3.63) is 48.0 Å². The fourth-order valence-electron chi connectivity index (χ4n) is 2.37. The van der Waals surface area contributed by atoms with E-state index in [1.54, 1.807) is 19.2 Å². The maximum Gasteiger partial charge on any atom is 0.276 e. The molecule has 2 aromatic heterocycles. The molecule has 0 unspecified atom stereocenters. The second kappa shape index (κ2) is 5.93. The summed E-state index contributed by atoms with van der Waals surface area (Å²) in [7, 11) is 0. The Bertz CT molecular complexity index is 824. The minimum absolute atomic E-state index is 0.279. The summed E-state index contributed by atoms with van der Waals surface area (Å²) in [5.41, 5.74) is 2.21. The van der Waals surface area contributed by atoms with E-state index in [-0.39, 0.29) is 5.91 Å². The molecule has 0 aliphatic carbocycles. The van der Waals surface area contributed by atoms with E-state index in [1.807, 2.05) is 28.8 Å². The normalized spacial score (nSPS) is 10.8. The van der Waals surface area contributed by atoms with E-state index in [1.165, 1.54) is 0 Å². The number of hydrogen-bond acceptors (Lipinski definition) is 4. The number of amides is 1. The molecule has 1 amide bonds. The minimum Gasteiger partial charge on any atom is -0.310 e. The van der Waals surface area contributed by atoms with Gasteiger partial charge < -0.3 is 4.57 Å². The van der Waals surface area contributed by atoms with Gasteiger partial charge in [-0.25, -0.2) is 15.0 Å². The van der Waals surface area contributed by atoms with Crippen LogP contribution in [-0.2, 0) is 6.54 Å². The maximum atomic E-state index is 12.3. The van der Waals surface area contributed by atoms with Crippen LogP contribution in [0.25, 0.3) is 11.0 Å². The predicted octanol–water partition coefficient (Wildman–Crippen LogP) is 2.80. The van der Waals surface area contributed by atoms with Gasteiger partial charge in [0.05, 0.1) is 11.0 Å². The highest BCUT2D eigenvalue weighted by molar-refractivity contribution is 6.02. The highest BCUT2D eigenvalue weighted by Gasteiger charge is 2.14. The number of fused-ring (bicyclic) bond motifs is 1. The van der Waals surface area contributed by atoms with Crippen molar-refractivity contribution >= 4 is 22.9 Å². The summed E-state index contributed by atoms with van der Waals surface area (Å²) in [4.78, 5) is 25.0. The summed E-state index contributed by atoms with van der Waals surface area (Å²) in [6.45, 7) is 4.64. The summed E-state index contributed by atoms with van der Waals surface area (Å²) in [6.07, 6.45) is 2.53. The second-order valence-electron chi connectivity index (χ2n) is 5.02. The molecule has 0 bridgehead atoms. The summed E-state index contributed by atoms with van der Waals surface area (Å²) in [6, 6.07) is 9.43. The van der Waals surface area contributed by atoms with E-state index in [2.05, 4.69) is 27.2 Å². The van der Waals surface area contributed by atoms with Gasteiger partial charge in [-0.3, -0.25) is 10.1 Å². The number of para-hydroxylation sites is 2. The minimum atomic E-state index is -0.279. The van der Waals surface area contributed by atoms with E-state index < -0.39 is 0 Å². The first-order valence-corrected chi connectivity index (χ1v) is 7.25. The van der Waals surface area contributed by atoms with Gasteiger partial charge in [-0.1, -0.05) is 19.1 Å². The number of aromatic nitrogens is 4. The van der Waals surface area contributed by atoms with Crippen LogP contribution in [0.3, 0.4) is 0 Å². The van der Waals surface area contributed by atoms with Gasteiger partial charge in [-0.2, -0.15) is 0 Å². The number of carbonyl (C=O) groups is 1. The van der Waals surface area contributed by atoms with Gasteiger partial charge in [-0.15, -0.1) is 0 Å². The monoisotopic (exact) mass is 295 g/mol. The highest BCUT2D eigenvalue weighted by atomic mass is 16.2. The van der Waals surface area contributed by atoms with Crippen molar-refractivity contribution in [2.24, 2.45) is 0 Å². The number of anilines is 1. The Morgan fingerprint density at radius 2 is 2.05 bits per heavy atom. The van der Waals surface area contributed by atoms with Crippen molar-refractivity contribution < 1.29 is 4.79 Å². The third-order valence-electron chi connectivity index (χ3n) is 3.34. The van der Waals surface area contributed by atoms with Crippen molar-refractivity contribution in [3.63, 3.8) is 0 Å². The Morgan fingerprint density at radius 1 is 1.23 bits per heavy atom. The van der Waals surface area contributed by atoms with Crippen LogP contribution in [0.15, 0.2) is 36.5 Å². The zero-order valence-corrected chi connectivity index (χ0v) is 12.6. The fraction of sp³-hybridized carbons (Fsp3) is 0.250. The fourth-order valence-corrected chi connectivity index (χ4v) is 2.37. The van der Waals surface area contributed by atoms with Crippen molar-refractivity contribution in [1.82, 2.24) is 19.5 Å². The molecule has 1 N–H and O–H groups in total. The van der Waals surface area contributed by atoms with Crippen molar-refractivity contribution in [2.75, 3.05) is 5.32 Å². The number of rotatable bonds is 4. The molecule has 1 aromatic carbocycles. The summed E-state index contributed by atoms with van der Waals surface area (Å²) in [5, 5.41) is 2.85. The molecule has 3 rings (SSSR count). The van der Waals surface area contributed by atoms with Crippen LogP contribution in [0.1, 0.15) is 29.7 Å².